The Hall–Kier alpha value is -3.29. The number of carbonyl (C=O) groups excluding carboxylic acids is 1. The van der Waals surface area contributed by atoms with Gasteiger partial charge in [-0.15, -0.1) is 0 Å². The average Bonchev–Trinajstić information content (AvgIpc) is 2.99. The molecule has 8 heteroatoms. The van der Waals surface area contributed by atoms with Crippen LogP contribution in [0.2, 0.25) is 0 Å². The first-order valence-corrected chi connectivity index (χ1v) is 10.8. The van der Waals surface area contributed by atoms with Crippen molar-refractivity contribution in [1.29, 1.82) is 0 Å². The quantitative estimate of drug-likeness (QED) is 0.523. The first-order valence-electron chi connectivity index (χ1n) is 10.8. The summed E-state index contributed by atoms with van der Waals surface area (Å²) in [5.41, 5.74) is 3.05. The molecule has 0 radical (unpaired) electrons. The standard InChI is InChI=1S/C25H28F3N3O2/c1-15(2)11-21-10-7-19(23(32)30-21)12-29-24(33)22-16(3)13-31(17(22)4)14-18-5-8-20(9-6-18)25(26,27)28/h5-10,13,15H,11-12,14H2,1-4H3,(H,29,33)(H,30,32). The summed E-state index contributed by atoms with van der Waals surface area (Å²) in [7, 11) is 0. The minimum atomic E-state index is -4.37. The fourth-order valence-electron chi connectivity index (χ4n) is 3.83. The topological polar surface area (TPSA) is 66.9 Å². The van der Waals surface area contributed by atoms with Gasteiger partial charge < -0.3 is 14.9 Å². The molecule has 0 aliphatic heterocycles. The number of aryl methyl sites for hydroxylation is 1. The predicted molar refractivity (Wildman–Crippen MR) is 121 cm³/mol. The van der Waals surface area contributed by atoms with Gasteiger partial charge in [0.2, 0.25) is 0 Å². The number of H-pyrrole nitrogens is 1. The van der Waals surface area contributed by atoms with Gasteiger partial charge in [0, 0.05) is 36.2 Å². The summed E-state index contributed by atoms with van der Waals surface area (Å²) in [5.74, 6) is 0.116. The Labute approximate surface area is 190 Å². The van der Waals surface area contributed by atoms with Crippen LogP contribution < -0.4 is 10.9 Å². The van der Waals surface area contributed by atoms with Gasteiger partial charge in [-0.2, -0.15) is 13.2 Å². The van der Waals surface area contributed by atoms with Crippen LogP contribution in [-0.2, 0) is 25.7 Å². The number of hydrogen-bond donors (Lipinski definition) is 2. The second kappa shape index (κ2) is 9.68. The fraction of sp³-hybridized carbons (Fsp3) is 0.360. The lowest BCUT2D eigenvalue weighted by Gasteiger charge is -2.11. The SMILES string of the molecule is Cc1cn(Cc2ccc(C(F)(F)F)cc2)c(C)c1C(=O)NCc1ccc(CC(C)C)[nH]c1=O. The molecule has 1 aromatic carbocycles. The molecular weight excluding hydrogens is 431 g/mol. The Morgan fingerprint density at radius 3 is 2.33 bits per heavy atom. The van der Waals surface area contributed by atoms with E-state index in [1.165, 1.54) is 12.1 Å². The summed E-state index contributed by atoms with van der Waals surface area (Å²) in [6.45, 7) is 8.17. The third-order valence-corrected chi connectivity index (χ3v) is 5.52. The highest BCUT2D eigenvalue weighted by Gasteiger charge is 2.30. The fourth-order valence-corrected chi connectivity index (χ4v) is 3.83. The van der Waals surface area contributed by atoms with Gasteiger partial charge in [-0.25, -0.2) is 0 Å². The van der Waals surface area contributed by atoms with E-state index in [1.807, 2.05) is 10.6 Å². The Morgan fingerprint density at radius 1 is 1.09 bits per heavy atom. The minimum absolute atomic E-state index is 0.0963. The average molecular weight is 460 g/mol. The number of hydrogen-bond acceptors (Lipinski definition) is 2. The Bertz CT molecular complexity index is 1190. The molecule has 3 aromatic rings. The molecule has 176 valence electrons. The lowest BCUT2D eigenvalue weighted by atomic mass is 10.1. The van der Waals surface area contributed by atoms with Crippen molar-refractivity contribution in [2.24, 2.45) is 5.92 Å². The van der Waals surface area contributed by atoms with Crippen molar-refractivity contribution in [3.05, 3.63) is 92.2 Å². The maximum Gasteiger partial charge on any atom is 0.416 e. The van der Waals surface area contributed by atoms with E-state index < -0.39 is 11.7 Å². The van der Waals surface area contributed by atoms with E-state index in [-0.39, 0.29) is 18.0 Å². The van der Waals surface area contributed by atoms with Crippen molar-refractivity contribution in [2.75, 3.05) is 0 Å². The summed E-state index contributed by atoms with van der Waals surface area (Å²) < 4.78 is 40.2. The van der Waals surface area contributed by atoms with E-state index in [1.54, 1.807) is 26.1 Å². The lowest BCUT2D eigenvalue weighted by Crippen LogP contribution is -2.28. The van der Waals surface area contributed by atoms with Crippen LogP contribution in [0.1, 0.15) is 57.8 Å². The van der Waals surface area contributed by atoms with Gasteiger partial charge in [-0.3, -0.25) is 9.59 Å². The van der Waals surface area contributed by atoms with Gasteiger partial charge in [0.05, 0.1) is 11.1 Å². The lowest BCUT2D eigenvalue weighted by molar-refractivity contribution is -0.137. The third-order valence-electron chi connectivity index (χ3n) is 5.52. The van der Waals surface area contributed by atoms with Crippen molar-refractivity contribution in [1.82, 2.24) is 14.9 Å². The highest BCUT2D eigenvalue weighted by Crippen LogP contribution is 2.29. The van der Waals surface area contributed by atoms with E-state index in [9.17, 15) is 22.8 Å². The molecule has 2 aromatic heterocycles. The van der Waals surface area contributed by atoms with Crippen LogP contribution in [0.4, 0.5) is 13.2 Å². The first kappa shape index (κ1) is 24.4. The molecule has 0 aliphatic carbocycles. The highest BCUT2D eigenvalue weighted by atomic mass is 19.4. The number of pyridine rings is 1. The smallest absolute Gasteiger partial charge is 0.348 e. The third kappa shape index (κ3) is 5.94. The predicted octanol–water partition coefficient (Wildman–Crippen LogP) is 4.99. The van der Waals surface area contributed by atoms with E-state index in [4.69, 9.17) is 0 Å². The normalized spacial score (nSPS) is 11.8. The largest absolute Gasteiger partial charge is 0.416 e. The number of amides is 1. The summed E-state index contributed by atoms with van der Waals surface area (Å²) in [6.07, 6.45) is -1.80. The van der Waals surface area contributed by atoms with Crippen LogP contribution in [0.5, 0.6) is 0 Å². The molecule has 5 nitrogen and oxygen atoms in total. The van der Waals surface area contributed by atoms with E-state index in [0.29, 0.717) is 34.8 Å². The monoisotopic (exact) mass is 459 g/mol. The van der Waals surface area contributed by atoms with Crippen LogP contribution >= 0.6 is 0 Å². The van der Waals surface area contributed by atoms with E-state index in [2.05, 4.69) is 24.1 Å². The molecule has 0 fully saturated rings. The van der Waals surface area contributed by atoms with Crippen LogP contribution in [0, 0.1) is 19.8 Å². The van der Waals surface area contributed by atoms with Crippen LogP contribution in [-0.4, -0.2) is 15.5 Å². The molecule has 3 rings (SSSR count). The van der Waals surface area contributed by atoms with Gasteiger partial charge in [-0.05, 0) is 55.5 Å². The van der Waals surface area contributed by atoms with Crippen molar-refractivity contribution >= 4 is 5.91 Å². The number of carbonyl (C=O) groups is 1. The Kier molecular flexibility index (Phi) is 7.15. The molecule has 33 heavy (non-hydrogen) atoms. The van der Waals surface area contributed by atoms with Crippen molar-refractivity contribution in [3.8, 4) is 0 Å². The number of halogens is 3. The van der Waals surface area contributed by atoms with Crippen molar-refractivity contribution in [2.45, 2.75) is 53.4 Å². The molecule has 0 unspecified atom stereocenters. The summed E-state index contributed by atoms with van der Waals surface area (Å²) in [6, 6.07) is 8.57. The number of alkyl halides is 3. The Balaban J connectivity index is 1.70. The molecule has 0 aliphatic rings. The maximum atomic E-state index is 12.8. The molecule has 2 N–H and O–H groups in total. The summed E-state index contributed by atoms with van der Waals surface area (Å²) >= 11 is 0. The van der Waals surface area contributed by atoms with Crippen LogP contribution in [0.25, 0.3) is 0 Å². The van der Waals surface area contributed by atoms with Crippen molar-refractivity contribution in [3.63, 3.8) is 0 Å². The summed E-state index contributed by atoms with van der Waals surface area (Å²) in [5, 5.41) is 2.80. The van der Waals surface area contributed by atoms with Gasteiger partial charge >= 0.3 is 6.18 Å². The molecule has 0 saturated carbocycles. The number of aromatic nitrogens is 2. The zero-order valence-electron chi connectivity index (χ0n) is 19.1. The molecule has 0 saturated heterocycles. The molecule has 0 atom stereocenters. The van der Waals surface area contributed by atoms with Gasteiger partial charge in [0.25, 0.3) is 11.5 Å². The van der Waals surface area contributed by atoms with E-state index >= 15 is 0 Å². The molecule has 0 bridgehead atoms. The Morgan fingerprint density at radius 2 is 1.76 bits per heavy atom. The molecular formula is C25H28F3N3O2. The number of nitrogens with one attached hydrogen (secondary N) is 2. The maximum absolute atomic E-state index is 12.8. The van der Waals surface area contributed by atoms with E-state index in [0.717, 1.165) is 29.8 Å². The van der Waals surface area contributed by atoms with Crippen LogP contribution in [0.3, 0.4) is 0 Å². The number of benzene rings is 1. The molecule has 0 spiro atoms. The van der Waals surface area contributed by atoms with Gasteiger partial charge in [0.1, 0.15) is 0 Å². The number of nitrogens with zero attached hydrogens (tertiary/aromatic N) is 1. The number of rotatable bonds is 7. The second-order valence-electron chi connectivity index (χ2n) is 8.71. The summed E-state index contributed by atoms with van der Waals surface area (Å²) in [4.78, 5) is 28.0. The molecule has 1 amide bonds. The zero-order valence-corrected chi connectivity index (χ0v) is 19.1. The second-order valence-corrected chi connectivity index (χ2v) is 8.71. The molecule has 2 heterocycles. The number of aromatic amines is 1. The minimum Gasteiger partial charge on any atom is -0.348 e. The van der Waals surface area contributed by atoms with Crippen molar-refractivity contribution < 1.29 is 18.0 Å². The van der Waals surface area contributed by atoms with Crippen LogP contribution in [0.15, 0.2) is 47.4 Å². The highest BCUT2D eigenvalue weighted by molar-refractivity contribution is 5.96. The van der Waals surface area contributed by atoms with Gasteiger partial charge in [-0.1, -0.05) is 32.0 Å². The zero-order chi connectivity index (χ0) is 24.3. The first-order chi connectivity index (χ1) is 15.5. The van der Waals surface area contributed by atoms with Gasteiger partial charge in [0.15, 0.2) is 0 Å².